The van der Waals surface area contributed by atoms with Crippen LogP contribution in [0.5, 0.6) is 0 Å². The minimum absolute atomic E-state index is 0.0732. The van der Waals surface area contributed by atoms with E-state index in [1.54, 1.807) is 6.08 Å². The Morgan fingerprint density at radius 3 is 3.00 bits per heavy atom. The van der Waals surface area contributed by atoms with Crippen LogP contribution < -0.4 is 0 Å². The molecule has 1 aliphatic rings. The molecule has 0 saturated carbocycles. The summed E-state index contributed by atoms with van der Waals surface area (Å²) in [6.45, 7) is 6.24. The molecule has 0 N–H and O–H groups in total. The van der Waals surface area contributed by atoms with Gasteiger partial charge in [0.2, 0.25) is 0 Å². The zero-order valence-corrected chi connectivity index (χ0v) is 9.24. The highest BCUT2D eigenvalue weighted by Gasteiger charge is 2.18. The van der Waals surface area contributed by atoms with Crippen molar-refractivity contribution in [2.45, 2.75) is 26.2 Å². The Kier molecular flexibility index (Phi) is 4.88. The first-order valence-corrected chi connectivity index (χ1v) is 5.39. The summed E-state index contributed by atoms with van der Waals surface area (Å²) in [5, 5.41) is 0. The molecule has 2 heteroatoms. The molecule has 0 aliphatic carbocycles. The van der Waals surface area contributed by atoms with Gasteiger partial charge in [0.05, 0.1) is 6.61 Å². The highest BCUT2D eigenvalue weighted by Crippen LogP contribution is 2.25. The highest BCUT2D eigenvalue weighted by molar-refractivity contribution is 5.69. The predicted molar refractivity (Wildman–Crippen MR) is 61.4 cm³/mol. The quantitative estimate of drug-likeness (QED) is 0.524. The van der Waals surface area contributed by atoms with Crippen molar-refractivity contribution in [3.8, 4) is 0 Å². The lowest BCUT2D eigenvalue weighted by atomic mass is 9.91. The van der Waals surface area contributed by atoms with Crippen LogP contribution in [0.1, 0.15) is 26.2 Å². The average Bonchev–Trinajstić information content (AvgIpc) is 2.43. The Morgan fingerprint density at radius 1 is 1.53 bits per heavy atom. The fourth-order valence-corrected chi connectivity index (χ4v) is 1.81. The Labute approximate surface area is 91.3 Å². The molecule has 1 rings (SSSR count). The van der Waals surface area contributed by atoms with E-state index in [4.69, 9.17) is 4.74 Å². The van der Waals surface area contributed by atoms with Gasteiger partial charge in [-0.2, -0.15) is 0 Å². The second kappa shape index (κ2) is 6.23. The molecule has 0 aromatic heterocycles. The summed E-state index contributed by atoms with van der Waals surface area (Å²) in [6.07, 6.45) is 10.2. The fourth-order valence-electron chi connectivity index (χ4n) is 1.81. The number of esters is 1. The van der Waals surface area contributed by atoms with E-state index in [2.05, 4.69) is 12.7 Å². The van der Waals surface area contributed by atoms with E-state index >= 15 is 0 Å². The van der Waals surface area contributed by atoms with E-state index in [0.29, 0.717) is 18.9 Å². The van der Waals surface area contributed by atoms with Crippen LogP contribution in [0.2, 0.25) is 0 Å². The largest absolute Gasteiger partial charge is 0.466 e. The van der Waals surface area contributed by atoms with Gasteiger partial charge in [-0.15, -0.1) is 0 Å². The maximum atomic E-state index is 11.1. The lowest BCUT2D eigenvalue weighted by Gasteiger charge is -2.13. The molecular formula is C13H18O2. The highest BCUT2D eigenvalue weighted by atomic mass is 16.5. The summed E-state index contributed by atoms with van der Waals surface area (Å²) in [4.78, 5) is 11.1. The van der Waals surface area contributed by atoms with Gasteiger partial charge in [0.25, 0.3) is 0 Å². The zero-order chi connectivity index (χ0) is 11.1. The van der Waals surface area contributed by atoms with Crippen molar-refractivity contribution in [2.75, 3.05) is 6.61 Å². The first-order chi connectivity index (χ1) is 7.27. The van der Waals surface area contributed by atoms with Gasteiger partial charge in [0.1, 0.15) is 0 Å². The molecule has 1 heterocycles. The van der Waals surface area contributed by atoms with E-state index in [0.717, 1.165) is 12.8 Å². The zero-order valence-electron chi connectivity index (χ0n) is 9.24. The van der Waals surface area contributed by atoms with E-state index in [9.17, 15) is 4.79 Å². The number of carbonyl (C=O) groups is 1. The van der Waals surface area contributed by atoms with Crippen LogP contribution in [0, 0.1) is 5.92 Å². The molecule has 0 amide bonds. The van der Waals surface area contributed by atoms with Crippen molar-refractivity contribution < 1.29 is 9.53 Å². The topological polar surface area (TPSA) is 26.3 Å². The monoisotopic (exact) mass is 206 g/mol. The van der Waals surface area contributed by atoms with Crippen LogP contribution in [-0.4, -0.2) is 12.6 Å². The Hall–Kier alpha value is -1.31. The van der Waals surface area contributed by atoms with Crippen molar-refractivity contribution in [1.29, 1.82) is 0 Å². The third-order valence-corrected chi connectivity index (χ3v) is 2.57. The summed E-state index contributed by atoms with van der Waals surface area (Å²) in [7, 11) is 0. The Bertz CT molecular complexity index is 287. The van der Waals surface area contributed by atoms with Crippen LogP contribution >= 0.6 is 0 Å². The Balaban J connectivity index is 2.70. The smallest absolute Gasteiger partial charge is 0.305 e. The molecular weight excluding hydrogens is 188 g/mol. The van der Waals surface area contributed by atoms with Gasteiger partial charge in [-0.3, -0.25) is 4.79 Å². The van der Waals surface area contributed by atoms with Crippen molar-refractivity contribution in [3.05, 3.63) is 36.5 Å². The number of allylic oxidation sites excluding steroid dienone is 5. The maximum absolute atomic E-state index is 11.1. The van der Waals surface area contributed by atoms with Crippen molar-refractivity contribution in [3.63, 3.8) is 0 Å². The summed E-state index contributed by atoms with van der Waals surface area (Å²) in [5.41, 5.74) is 1.24. The van der Waals surface area contributed by atoms with Gasteiger partial charge in [0, 0.05) is 6.42 Å². The van der Waals surface area contributed by atoms with Crippen molar-refractivity contribution in [2.24, 2.45) is 5.92 Å². The molecule has 0 aromatic rings. The van der Waals surface area contributed by atoms with Gasteiger partial charge in [-0.25, -0.2) is 0 Å². The number of rotatable bonds is 3. The Morgan fingerprint density at radius 2 is 2.33 bits per heavy atom. The molecule has 0 spiro atoms. The summed E-state index contributed by atoms with van der Waals surface area (Å²) >= 11 is 0. The second-order valence-electron chi connectivity index (χ2n) is 3.65. The molecule has 15 heavy (non-hydrogen) atoms. The van der Waals surface area contributed by atoms with E-state index < -0.39 is 0 Å². The molecule has 0 radical (unpaired) electrons. The molecule has 82 valence electrons. The molecule has 1 fully saturated rings. The normalized spacial score (nSPS) is 23.7. The molecule has 1 unspecified atom stereocenters. The first kappa shape index (κ1) is 11.8. The number of hydrogen-bond acceptors (Lipinski definition) is 2. The molecule has 2 nitrogen and oxygen atoms in total. The van der Waals surface area contributed by atoms with Crippen LogP contribution in [-0.2, 0) is 9.53 Å². The summed E-state index contributed by atoms with van der Waals surface area (Å²) in [5.74, 6) is 0.349. The van der Waals surface area contributed by atoms with Gasteiger partial charge in [-0.05, 0) is 31.3 Å². The molecule has 1 atom stereocenters. The molecule has 0 bridgehead atoms. The van der Waals surface area contributed by atoms with Crippen LogP contribution in [0.4, 0.5) is 0 Å². The summed E-state index contributed by atoms with van der Waals surface area (Å²) < 4.78 is 5.02. The SMILES string of the molecule is C=C/C=C(\C=C/C)C1CCOC(=O)CC1. The van der Waals surface area contributed by atoms with Gasteiger partial charge in [0.15, 0.2) is 0 Å². The maximum Gasteiger partial charge on any atom is 0.305 e. The molecule has 1 aliphatic heterocycles. The second-order valence-corrected chi connectivity index (χ2v) is 3.65. The van der Waals surface area contributed by atoms with Gasteiger partial charge >= 0.3 is 5.97 Å². The van der Waals surface area contributed by atoms with Crippen LogP contribution in [0.15, 0.2) is 36.5 Å². The summed E-state index contributed by atoms with van der Waals surface area (Å²) in [6, 6.07) is 0. The van der Waals surface area contributed by atoms with Crippen molar-refractivity contribution >= 4 is 5.97 Å². The first-order valence-electron chi connectivity index (χ1n) is 5.39. The number of ether oxygens (including phenoxy) is 1. The van der Waals surface area contributed by atoms with E-state index in [1.165, 1.54) is 5.57 Å². The van der Waals surface area contributed by atoms with Crippen LogP contribution in [0.3, 0.4) is 0 Å². The van der Waals surface area contributed by atoms with E-state index in [-0.39, 0.29) is 5.97 Å². The fraction of sp³-hybridized carbons (Fsp3) is 0.462. The minimum atomic E-state index is -0.0732. The lowest BCUT2D eigenvalue weighted by Crippen LogP contribution is -2.03. The average molecular weight is 206 g/mol. The number of cyclic esters (lactones) is 1. The lowest BCUT2D eigenvalue weighted by molar-refractivity contribution is -0.142. The number of carbonyl (C=O) groups excluding carboxylic acids is 1. The predicted octanol–water partition coefficient (Wildman–Crippen LogP) is 3.02. The minimum Gasteiger partial charge on any atom is -0.466 e. The third kappa shape index (κ3) is 3.74. The third-order valence-electron chi connectivity index (χ3n) is 2.57. The van der Waals surface area contributed by atoms with Crippen molar-refractivity contribution in [1.82, 2.24) is 0 Å². The van der Waals surface area contributed by atoms with Gasteiger partial charge < -0.3 is 4.74 Å². The van der Waals surface area contributed by atoms with Gasteiger partial charge in [-0.1, -0.05) is 30.9 Å². The standard InChI is InChI=1S/C13H18O2/c1-3-5-11(6-4-2)12-7-8-13(14)15-10-9-12/h3-6,12H,1,7-10H2,2H3/b6-4-,11-5+. The number of hydrogen-bond donors (Lipinski definition) is 0. The molecule has 1 saturated heterocycles. The molecule has 0 aromatic carbocycles. The van der Waals surface area contributed by atoms with Crippen LogP contribution in [0.25, 0.3) is 0 Å². The van der Waals surface area contributed by atoms with E-state index in [1.807, 2.05) is 19.1 Å².